The molecule has 0 aliphatic carbocycles. The predicted molar refractivity (Wildman–Crippen MR) is 83.4 cm³/mol. The van der Waals surface area contributed by atoms with Gasteiger partial charge < -0.3 is 5.32 Å². The molecule has 0 saturated heterocycles. The van der Waals surface area contributed by atoms with E-state index in [2.05, 4.69) is 67.1 Å². The molecule has 0 bridgehead atoms. The minimum absolute atomic E-state index is 0.208. The molecule has 3 heteroatoms. The van der Waals surface area contributed by atoms with Gasteiger partial charge in [0.05, 0.1) is 12.2 Å². The Balaban J connectivity index is 1.95. The fraction of sp³-hybridized carbons (Fsp3) is 0.471. The largest absolute Gasteiger partial charge is 0.370 e. The molecule has 3 rings (SSSR count). The Bertz CT molecular complexity index is 602. The van der Waals surface area contributed by atoms with Gasteiger partial charge in [-0.25, -0.2) is 4.68 Å². The van der Waals surface area contributed by atoms with E-state index in [1.165, 1.54) is 22.5 Å². The normalized spacial score (nSPS) is 18.5. The molecular formula is C17H23N3. The van der Waals surface area contributed by atoms with Gasteiger partial charge in [-0.2, -0.15) is 5.10 Å². The van der Waals surface area contributed by atoms with Crippen LogP contribution in [0.15, 0.2) is 30.5 Å². The zero-order valence-electron chi connectivity index (χ0n) is 12.8. The topological polar surface area (TPSA) is 29.9 Å². The highest BCUT2D eigenvalue weighted by molar-refractivity contribution is 5.46. The zero-order chi connectivity index (χ0) is 14.3. The molecule has 0 spiro atoms. The molecule has 0 amide bonds. The molecule has 0 radical (unpaired) electrons. The van der Waals surface area contributed by atoms with Crippen molar-refractivity contribution in [2.45, 2.75) is 45.6 Å². The van der Waals surface area contributed by atoms with E-state index in [4.69, 9.17) is 0 Å². The van der Waals surface area contributed by atoms with Gasteiger partial charge in [0.2, 0.25) is 0 Å². The van der Waals surface area contributed by atoms with Gasteiger partial charge >= 0.3 is 0 Å². The van der Waals surface area contributed by atoms with Gasteiger partial charge in [0.1, 0.15) is 5.82 Å². The monoisotopic (exact) mass is 269 g/mol. The maximum Gasteiger partial charge on any atom is 0.127 e. The number of nitrogens with one attached hydrogen (secondary N) is 1. The van der Waals surface area contributed by atoms with Gasteiger partial charge in [-0.1, -0.05) is 45.0 Å². The smallest absolute Gasteiger partial charge is 0.127 e. The lowest BCUT2D eigenvalue weighted by atomic mass is 9.86. The Kier molecular flexibility index (Phi) is 3.08. The molecule has 3 nitrogen and oxygen atoms in total. The van der Waals surface area contributed by atoms with E-state index < -0.39 is 0 Å². The first-order chi connectivity index (χ1) is 9.47. The van der Waals surface area contributed by atoms with Crippen LogP contribution < -0.4 is 5.32 Å². The third kappa shape index (κ3) is 2.21. The predicted octanol–water partition coefficient (Wildman–Crippen LogP) is 3.89. The van der Waals surface area contributed by atoms with Crippen LogP contribution in [0.3, 0.4) is 0 Å². The fourth-order valence-electron chi connectivity index (χ4n) is 2.87. The summed E-state index contributed by atoms with van der Waals surface area (Å²) in [6, 6.07) is 9.39. The SMILES string of the molecule is Cc1cnn2c1NCCC2c1ccc(C(C)(C)C)cc1. The second-order valence-corrected chi connectivity index (χ2v) is 6.72. The number of hydrogen-bond donors (Lipinski definition) is 1. The molecule has 1 atom stereocenters. The molecule has 1 aliphatic heterocycles. The standard InChI is InChI=1S/C17H23N3/c1-12-11-19-20-15(9-10-18-16(12)20)13-5-7-14(8-6-13)17(2,3)4/h5-8,11,15,18H,9-10H2,1-4H3. The molecule has 2 heterocycles. The lowest BCUT2D eigenvalue weighted by Gasteiger charge is -2.27. The van der Waals surface area contributed by atoms with Gasteiger partial charge in [-0.3, -0.25) is 0 Å². The minimum atomic E-state index is 0.208. The summed E-state index contributed by atoms with van der Waals surface area (Å²) in [5.74, 6) is 1.17. The highest BCUT2D eigenvalue weighted by Crippen LogP contribution is 2.32. The van der Waals surface area contributed by atoms with Crippen LogP contribution >= 0.6 is 0 Å². The molecule has 1 N–H and O–H groups in total. The van der Waals surface area contributed by atoms with Crippen molar-refractivity contribution >= 4 is 5.82 Å². The highest BCUT2D eigenvalue weighted by Gasteiger charge is 2.23. The first-order valence-electron chi connectivity index (χ1n) is 7.35. The highest BCUT2D eigenvalue weighted by atomic mass is 15.4. The summed E-state index contributed by atoms with van der Waals surface area (Å²) in [7, 11) is 0. The Morgan fingerprint density at radius 3 is 2.55 bits per heavy atom. The van der Waals surface area contributed by atoms with Crippen LogP contribution in [-0.2, 0) is 5.41 Å². The van der Waals surface area contributed by atoms with Crippen LogP contribution in [0.5, 0.6) is 0 Å². The zero-order valence-corrected chi connectivity index (χ0v) is 12.8. The van der Waals surface area contributed by atoms with E-state index in [0.29, 0.717) is 6.04 Å². The van der Waals surface area contributed by atoms with Crippen molar-refractivity contribution in [3.8, 4) is 0 Å². The molecule has 2 aromatic rings. The van der Waals surface area contributed by atoms with Gasteiger partial charge in [0.15, 0.2) is 0 Å². The molecule has 1 aromatic heterocycles. The van der Waals surface area contributed by atoms with Crippen molar-refractivity contribution in [1.29, 1.82) is 0 Å². The summed E-state index contributed by atoms with van der Waals surface area (Å²) in [4.78, 5) is 0. The van der Waals surface area contributed by atoms with Crippen LogP contribution in [0.1, 0.15) is 49.9 Å². The van der Waals surface area contributed by atoms with Crippen LogP contribution in [-0.4, -0.2) is 16.3 Å². The minimum Gasteiger partial charge on any atom is -0.370 e. The van der Waals surface area contributed by atoms with Crippen LogP contribution in [0.2, 0.25) is 0 Å². The number of fused-ring (bicyclic) bond motifs is 1. The summed E-state index contributed by atoms with van der Waals surface area (Å²) in [5.41, 5.74) is 4.16. The second-order valence-electron chi connectivity index (χ2n) is 6.72. The molecule has 1 unspecified atom stereocenters. The molecular weight excluding hydrogens is 246 g/mol. The summed E-state index contributed by atoms with van der Waals surface area (Å²) < 4.78 is 2.13. The van der Waals surface area contributed by atoms with Crippen molar-refractivity contribution in [2.75, 3.05) is 11.9 Å². The number of nitrogens with zero attached hydrogens (tertiary/aromatic N) is 2. The molecule has 106 valence electrons. The Labute approximate surface area is 121 Å². The number of aryl methyl sites for hydroxylation is 1. The first-order valence-corrected chi connectivity index (χ1v) is 7.35. The third-order valence-electron chi connectivity index (χ3n) is 4.15. The van der Waals surface area contributed by atoms with Gasteiger partial charge in [-0.05, 0) is 29.9 Å². The molecule has 1 aromatic carbocycles. The average molecular weight is 269 g/mol. The van der Waals surface area contributed by atoms with Crippen molar-refractivity contribution in [3.63, 3.8) is 0 Å². The van der Waals surface area contributed by atoms with Crippen molar-refractivity contribution in [1.82, 2.24) is 9.78 Å². The Hall–Kier alpha value is -1.77. The van der Waals surface area contributed by atoms with Crippen molar-refractivity contribution < 1.29 is 0 Å². The van der Waals surface area contributed by atoms with Gasteiger partial charge in [0, 0.05) is 12.1 Å². The summed E-state index contributed by atoms with van der Waals surface area (Å²) in [6.45, 7) is 9.87. The van der Waals surface area contributed by atoms with Crippen LogP contribution in [0, 0.1) is 6.92 Å². The quantitative estimate of drug-likeness (QED) is 0.851. The fourth-order valence-corrected chi connectivity index (χ4v) is 2.87. The lowest BCUT2D eigenvalue weighted by Crippen LogP contribution is -2.24. The Morgan fingerprint density at radius 2 is 1.90 bits per heavy atom. The van der Waals surface area contributed by atoms with Crippen molar-refractivity contribution in [2.24, 2.45) is 0 Å². The number of rotatable bonds is 1. The summed E-state index contributed by atoms with van der Waals surface area (Å²) >= 11 is 0. The number of anilines is 1. The Morgan fingerprint density at radius 1 is 1.20 bits per heavy atom. The lowest BCUT2D eigenvalue weighted by molar-refractivity contribution is 0.481. The van der Waals surface area contributed by atoms with Gasteiger partial charge in [0.25, 0.3) is 0 Å². The van der Waals surface area contributed by atoms with E-state index in [1.807, 2.05) is 6.20 Å². The van der Waals surface area contributed by atoms with E-state index in [-0.39, 0.29) is 5.41 Å². The van der Waals surface area contributed by atoms with E-state index in [0.717, 1.165) is 13.0 Å². The molecule has 20 heavy (non-hydrogen) atoms. The van der Waals surface area contributed by atoms with Gasteiger partial charge in [-0.15, -0.1) is 0 Å². The van der Waals surface area contributed by atoms with Crippen LogP contribution in [0.25, 0.3) is 0 Å². The maximum atomic E-state index is 4.54. The summed E-state index contributed by atoms with van der Waals surface area (Å²) in [5, 5.41) is 7.99. The van der Waals surface area contributed by atoms with Crippen molar-refractivity contribution in [3.05, 3.63) is 47.2 Å². The molecule has 0 saturated carbocycles. The second kappa shape index (κ2) is 4.65. The molecule has 1 aliphatic rings. The van der Waals surface area contributed by atoms with E-state index >= 15 is 0 Å². The number of benzene rings is 1. The van der Waals surface area contributed by atoms with Crippen LogP contribution in [0.4, 0.5) is 5.82 Å². The number of aromatic nitrogens is 2. The first kappa shape index (κ1) is 13.2. The maximum absolute atomic E-state index is 4.54. The molecule has 0 fully saturated rings. The summed E-state index contributed by atoms with van der Waals surface area (Å²) in [6.07, 6.45) is 3.03. The van der Waals surface area contributed by atoms with E-state index in [1.54, 1.807) is 0 Å². The number of hydrogen-bond acceptors (Lipinski definition) is 2. The van der Waals surface area contributed by atoms with E-state index in [9.17, 15) is 0 Å². The average Bonchev–Trinajstić information content (AvgIpc) is 2.80. The third-order valence-corrected chi connectivity index (χ3v) is 4.15.